The van der Waals surface area contributed by atoms with Crippen molar-refractivity contribution in [1.29, 1.82) is 0 Å². The molecule has 2 heterocycles. The van der Waals surface area contributed by atoms with E-state index >= 15 is 0 Å². The van der Waals surface area contributed by atoms with Gasteiger partial charge in [0.2, 0.25) is 0 Å². The van der Waals surface area contributed by atoms with Gasteiger partial charge in [0.1, 0.15) is 15.9 Å². The van der Waals surface area contributed by atoms with Gasteiger partial charge >= 0.3 is 11.8 Å². The van der Waals surface area contributed by atoms with Crippen LogP contribution in [0.25, 0.3) is 27.9 Å². The summed E-state index contributed by atoms with van der Waals surface area (Å²) in [6, 6.07) is 23.7. The first-order valence-electron chi connectivity index (χ1n) is 10.7. The van der Waals surface area contributed by atoms with E-state index in [1.54, 1.807) is 54.6 Å². The summed E-state index contributed by atoms with van der Waals surface area (Å²) in [7, 11) is 0. The van der Waals surface area contributed by atoms with Gasteiger partial charge in [-0.3, -0.25) is 9.36 Å². The Bertz CT molecular complexity index is 1690. The summed E-state index contributed by atoms with van der Waals surface area (Å²) in [5.74, 6) is -0.738. The number of hydrogen-bond acceptors (Lipinski definition) is 5. The average molecular weight is 507 g/mol. The van der Waals surface area contributed by atoms with Crippen LogP contribution >= 0.6 is 11.8 Å². The molecular weight excluding hydrogens is 491 g/mol. The van der Waals surface area contributed by atoms with E-state index in [0.717, 1.165) is 6.07 Å². The predicted octanol–water partition coefficient (Wildman–Crippen LogP) is 6.49. The van der Waals surface area contributed by atoms with E-state index in [9.17, 15) is 27.9 Å². The molecule has 2 aromatic heterocycles. The van der Waals surface area contributed by atoms with E-state index in [2.05, 4.69) is 0 Å². The highest BCUT2D eigenvalue weighted by Gasteiger charge is 2.34. The normalized spacial score (nSPS) is 11.6. The van der Waals surface area contributed by atoms with Gasteiger partial charge in [0.25, 0.3) is 5.56 Å². The second kappa shape index (κ2) is 9.09. The van der Waals surface area contributed by atoms with Gasteiger partial charge < -0.3 is 9.52 Å². The van der Waals surface area contributed by atoms with Crippen molar-refractivity contribution in [3.05, 3.63) is 117 Å². The molecule has 5 nitrogen and oxygen atoms in total. The molecule has 0 atom stereocenters. The molecule has 0 fully saturated rings. The summed E-state index contributed by atoms with van der Waals surface area (Å²) in [4.78, 5) is 25.7. The topological polar surface area (TPSA) is 72.4 Å². The molecule has 180 valence electrons. The van der Waals surface area contributed by atoms with Crippen molar-refractivity contribution in [3.8, 4) is 22.7 Å². The van der Waals surface area contributed by atoms with Crippen molar-refractivity contribution in [2.75, 3.05) is 0 Å². The van der Waals surface area contributed by atoms with E-state index in [1.165, 1.54) is 28.8 Å². The lowest BCUT2D eigenvalue weighted by Crippen LogP contribution is -2.21. The van der Waals surface area contributed by atoms with Crippen LogP contribution in [0.3, 0.4) is 0 Å². The molecule has 0 aliphatic carbocycles. The van der Waals surface area contributed by atoms with E-state index < -0.39 is 33.6 Å². The molecule has 1 N–H and O–H groups in total. The average Bonchev–Trinajstić information content (AvgIpc) is 2.87. The number of aromatic hydroxyl groups is 1. The first-order chi connectivity index (χ1) is 17.3. The zero-order valence-electron chi connectivity index (χ0n) is 18.3. The molecule has 0 unspecified atom stereocenters. The van der Waals surface area contributed by atoms with E-state index in [1.807, 2.05) is 6.07 Å². The lowest BCUT2D eigenvalue weighted by molar-refractivity contribution is -0.139. The van der Waals surface area contributed by atoms with Crippen LogP contribution in [-0.4, -0.2) is 9.67 Å². The van der Waals surface area contributed by atoms with Crippen LogP contribution in [0.15, 0.2) is 115 Å². The minimum absolute atomic E-state index is 0.179. The van der Waals surface area contributed by atoms with Crippen LogP contribution in [0, 0.1) is 0 Å². The Hall–Kier alpha value is -4.24. The van der Waals surface area contributed by atoms with Crippen LogP contribution in [0.4, 0.5) is 13.2 Å². The van der Waals surface area contributed by atoms with Crippen molar-refractivity contribution >= 4 is 22.7 Å². The number of hydrogen-bond donors (Lipinski definition) is 1. The molecule has 5 rings (SSSR count). The first kappa shape index (κ1) is 23.5. The molecule has 0 aliphatic heterocycles. The van der Waals surface area contributed by atoms with Crippen LogP contribution < -0.4 is 11.2 Å². The van der Waals surface area contributed by atoms with Gasteiger partial charge in [-0.05, 0) is 29.8 Å². The number of aromatic nitrogens is 1. The van der Waals surface area contributed by atoms with Crippen molar-refractivity contribution in [3.63, 3.8) is 0 Å². The van der Waals surface area contributed by atoms with Gasteiger partial charge in [-0.1, -0.05) is 72.4 Å². The van der Waals surface area contributed by atoms with Crippen LogP contribution in [0.2, 0.25) is 0 Å². The molecule has 36 heavy (non-hydrogen) atoms. The molecule has 0 bridgehead atoms. The number of para-hydroxylation sites is 1. The second-order valence-electron chi connectivity index (χ2n) is 7.77. The Kier molecular flexibility index (Phi) is 5.93. The molecule has 0 saturated carbocycles. The largest absolute Gasteiger partial charge is 0.505 e. The summed E-state index contributed by atoms with van der Waals surface area (Å²) < 4.78 is 47.2. The Morgan fingerprint density at radius 2 is 1.44 bits per heavy atom. The molecule has 0 amide bonds. The Labute approximate surface area is 206 Å². The van der Waals surface area contributed by atoms with Crippen LogP contribution in [-0.2, 0) is 6.18 Å². The third-order valence-corrected chi connectivity index (χ3v) is 6.64. The number of alkyl halides is 3. The predicted molar refractivity (Wildman–Crippen MR) is 131 cm³/mol. The maximum atomic E-state index is 13.7. The fourth-order valence-electron chi connectivity index (χ4n) is 3.89. The Morgan fingerprint density at radius 1 is 0.833 bits per heavy atom. The number of halogens is 3. The third-order valence-electron chi connectivity index (χ3n) is 5.50. The van der Waals surface area contributed by atoms with Gasteiger partial charge in [-0.25, -0.2) is 4.79 Å². The second-order valence-corrected chi connectivity index (χ2v) is 8.83. The number of benzene rings is 3. The molecule has 5 aromatic rings. The minimum atomic E-state index is -4.68. The van der Waals surface area contributed by atoms with Crippen LogP contribution in [0.5, 0.6) is 5.75 Å². The maximum absolute atomic E-state index is 13.7. The monoisotopic (exact) mass is 507 g/mol. The van der Waals surface area contributed by atoms with Crippen LogP contribution in [0.1, 0.15) is 5.56 Å². The van der Waals surface area contributed by atoms with E-state index in [0.29, 0.717) is 28.7 Å². The number of fused-ring (bicyclic) bond motifs is 1. The first-order valence-corrected chi connectivity index (χ1v) is 11.5. The lowest BCUT2D eigenvalue weighted by atomic mass is 10.1. The molecule has 9 heteroatoms. The fourth-order valence-corrected chi connectivity index (χ4v) is 4.87. The molecule has 0 spiro atoms. The third kappa shape index (κ3) is 4.18. The van der Waals surface area contributed by atoms with Crippen molar-refractivity contribution < 1.29 is 22.7 Å². The zero-order chi connectivity index (χ0) is 25.4. The highest BCUT2D eigenvalue weighted by molar-refractivity contribution is 7.99. The Balaban J connectivity index is 1.79. The van der Waals surface area contributed by atoms with Gasteiger partial charge in [0.05, 0.1) is 11.3 Å². The zero-order valence-corrected chi connectivity index (χ0v) is 19.1. The lowest BCUT2D eigenvalue weighted by Gasteiger charge is -2.16. The summed E-state index contributed by atoms with van der Waals surface area (Å²) in [5, 5.41) is 10.7. The molecular formula is C27H16F3NO4S. The van der Waals surface area contributed by atoms with Crippen molar-refractivity contribution in [2.45, 2.75) is 16.0 Å². The summed E-state index contributed by atoms with van der Waals surface area (Å²) in [6.45, 7) is 0. The number of rotatable bonds is 4. The van der Waals surface area contributed by atoms with Gasteiger partial charge in [-0.2, -0.15) is 13.2 Å². The van der Waals surface area contributed by atoms with Crippen molar-refractivity contribution in [1.82, 2.24) is 4.57 Å². The smallest absolute Gasteiger partial charge is 0.417 e. The Morgan fingerprint density at radius 3 is 2.11 bits per heavy atom. The SMILES string of the molecule is O=c1oc2cc(-c3ccccc3)n(-c3ccccc3)c(=O)c2c(O)c1Sc1ccccc1C(F)(F)F. The summed E-state index contributed by atoms with van der Waals surface area (Å²) in [5.41, 5.74) is -1.35. The van der Waals surface area contributed by atoms with E-state index in [4.69, 9.17) is 4.42 Å². The number of pyridine rings is 1. The highest BCUT2D eigenvalue weighted by Crippen LogP contribution is 2.42. The number of nitrogens with zero attached hydrogens (tertiary/aromatic N) is 1. The molecule has 3 aromatic carbocycles. The van der Waals surface area contributed by atoms with Gasteiger partial charge in [0.15, 0.2) is 5.75 Å². The standard InChI is InChI=1S/C27H16F3NO4S/c28-27(29,30)18-13-7-8-14-21(18)36-24-23(32)22-20(35-26(24)34)15-19(16-9-3-1-4-10-16)31(25(22)33)17-11-5-2-6-12-17/h1-15,32H. The minimum Gasteiger partial charge on any atom is -0.505 e. The van der Waals surface area contributed by atoms with Gasteiger partial charge in [-0.15, -0.1) is 0 Å². The maximum Gasteiger partial charge on any atom is 0.417 e. The molecule has 0 aliphatic rings. The fraction of sp³-hybridized carbons (Fsp3) is 0.0370. The summed E-state index contributed by atoms with van der Waals surface area (Å²) >= 11 is 0.396. The summed E-state index contributed by atoms with van der Waals surface area (Å²) in [6.07, 6.45) is -4.68. The molecule has 0 radical (unpaired) electrons. The molecule has 0 saturated heterocycles. The van der Waals surface area contributed by atoms with Gasteiger partial charge in [0, 0.05) is 16.6 Å². The van der Waals surface area contributed by atoms with Crippen molar-refractivity contribution in [2.24, 2.45) is 0 Å². The highest BCUT2D eigenvalue weighted by atomic mass is 32.2. The van der Waals surface area contributed by atoms with E-state index in [-0.39, 0.29) is 15.9 Å². The quantitative estimate of drug-likeness (QED) is 0.301.